The maximum absolute atomic E-state index is 4.23. The third kappa shape index (κ3) is 2.15. The molecule has 4 nitrogen and oxygen atoms in total. The molecule has 0 aliphatic carbocycles. The van der Waals surface area contributed by atoms with Gasteiger partial charge in [0.2, 0.25) is 0 Å². The van der Waals surface area contributed by atoms with Gasteiger partial charge in [0, 0.05) is 38.4 Å². The summed E-state index contributed by atoms with van der Waals surface area (Å²) >= 11 is 0. The molecule has 0 spiro atoms. The SMILES string of the molecule is CCC1CN(c2cnn(C)c2)C(C)CN1. The van der Waals surface area contributed by atoms with Crippen LogP contribution in [0.4, 0.5) is 5.69 Å². The Morgan fingerprint density at radius 3 is 3.00 bits per heavy atom. The predicted octanol–water partition coefficient (Wildman–Crippen LogP) is 0.997. The molecule has 2 unspecified atom stereocenters. The van der Waals surface area contributed by atoms with Crippen molar-refractivity contribution < 1.29 is 0 Å². The average Bonchev–Trinajstić information content (AvgIpc) is 2.65. The monoisotopic (exact) mass is 208 g/mol. The number of nitrogens with zero attached hydrogens (tertiary/aromatic N) is 3. The van der Waals surface area contributed by atoms with Gasteiger partial charge in [-0.2, -0.15) is 5.10 Å². The van der Waals surface area contributed by atoms with Gasteiger partial charge in [-0.25, -0.2) is 0 Å². The van der Waals surface area contributed by atoms with Gasteiger partial charge in [-0.05, 0) is 13.3 Å². The standard InChI is InChI=1S/C11H20N4/c1-4-10-7-15(9(2)5-12-10)11-6-13-14(3)8-11/h6,8-10,12H,4-5,7H2,1-3H3. The van der Waals surface area contributed by atoms with E-state index in [1.165, 1.54) is 12.1 Å². The highest BCUT2D eigenvalue weighted by atomic mass is 15.3. The number of hydrogen-bond donors (Lipinski definition) is 1. The average molecular weight is 208 g/mol. The lowest BCUT2D eigenvalue weighted by Crippen LogP contribution is -2.55. The van der Waals surface area contributed by atoms with Crippen molar-refractivity contribution in [2.75, 3.05) is 18.0 Å². The summed E-state index contributed by atoms with van der Waals surface area (Å²) < 4.78 is 1.87. The summed E-state index contributed by atoms with van der Waals surface area (Å²) in [6, 6.07) is 1.17. The fraction of sp³-hybridized carbons (Fsp3) is 0.727. The van der Waals surface area contributed by atoms with Crippen LogP contribution in [0.25, 0.3) is 0 Å². The molecule has 0 aromatic carbocycles. The van der Waals surface area contributed by atoms with Crippen LogP contribution < -0.4 is 10.2 Å². The fourth-order valence-electron chi connectivity index (χ4n) is 2.12. The molecule has 2 rings (SSSR count). The lowest BCUT2D eigenvalue weighted by atomic mass is 10.1. The number of aromatic nitrogens is 2. The van der Waals surface area contributed by atoms with E-state index in [1.54, 1.807) is 0 Å². The van der Waals surface area contributed by atoms with E-state index in [4.69, 9.17) is 0 Å². The molecule has 84 valence electrons. The Bertz CT molecular complexity index is 320. The number of anilines is 1. The molecule has 1 fully saturated rings. The van der Waals surface area contributed by atoms with Crippen molar-refractivity contribution in [3.63, 3.8) is 0 Å². The zero-order valence-corrected chi connectivity index (χ0v) is 9.77. The molecule has 1 aliphatic rings. The van der Waals surface area contributed by atoms with E-state index in [1.807, 2.05) is 17.9 Å². The second kappa shape index (κ2) is 4.23. The van der Waals surface area contributed by atoms with Gasteiger partial charge < -0.3 is 10.2 Å². The minimum atomic E-state index is 0.553. The lowest BCUT2D eigenvalue weighted by molar-refractivity contribution is 0.397. The second-order valence-corrected chi connectivity index (χ2v) is 4.39. The van der Waals surface area contributed by atoms with E-state index in [9.17, 15) is 0 Å². The fourth-order valence-corrected chi connectivity index (χ4v) is 2.12. The Balaban J connectivity index is 2.12. The highest BCUT2D eigenvalue weighted by Gasteiger charge is 2.24. The molecule has 4 heteroatoms. The molecule has 15 heavy (non-hydrogen) atoms. The van der Waals surface area contributed by atoms with E-state index in [0.717, 1.165) is 13.1 Å². The molecule has 1 N–H and O–H groups in total. The van der Waals surface area contributed by atoms with Gasteiger partial charge in [0.15, 0.2) is 0 Å². The molecule has 0 saturated carbocycles. The highest BCUT2D eigenvalue weighted by Crippen LogP contribution is 2.19. The summed E-state index contributed by atoms with van der Waals surface area (Å²) in [6.07, 6.45) is 5.23. The van der Waals surface area contributed by atoms with Crippen molar-refractivity contribution in [1.29, 1.82) is 0 Å². The molecular weight excluding hydrogens is 188 g/mol. The Morgan fingerprint density at radius 2 is 2.40 bits per heavy atom. The van der Waals surface area contributed by atoms with Crippen molar-refractivity contribution in [2.45, 2.75) is 32.4 Å². The molecular formula is C11H20N4. The Morgan fingerprint density at radius 1 is 1.60 bits per heavy atom. The van der Waals surface area contributed by atoms with Crippen LogP contribution in [0.3, 0.4) is 0 Å². The minimum Gasteiger partial charge on any atom is -0.363 e. The van der Waals surface area contributed by atoms with Crippen molar-refractivity contribution in [2.24, 2.45) is 7.05 Å². The Hall–Kier alpha value is -1.03. The maximum atomic E-state index is 4.23. The maximum Gasteiger partial charge on any atom is 0.0755 e. The van der Waals surface area contributed by atoms with Crippen molar-refractivity contribution in [1.82, 2.24) is 15.1 Å². The van der Waals surface area contributed by atoms with Gasteiger partial charge >= 0.3 is 0 Å². The normalized spacial score (nSPS) is 27.0. The lowest BCUT2D eigenvalue weighted by Gasteiger charge is -2.39. The Labute approximate surface area is 91.3 Å². The first-order valence-electron chi connectivity index (χ1n) is 5.69. The third-order valence-electron chi connectivity index (χ3n) is 3.17. The number of rotatable bonds is 2. The van der Waals surface area contributed by atoms with Crippen molar-refractivity contribution in [3.8, 4) is 0 Å². The number of nitrogens with one attached hydrogen (secondary N) is 1. The topological polar surface area (TPSA) is 33.1 Å². The molecule has 1 aromatic heterocycles. The van der Waals surface area contributed by atoms with E-state index in [2.05, 4.69) is 35.4 Å². The van der Waals surface area contributed by atoms with Crippen LogP contribution in [0.2, 0.25) is 0 Å². The van der Waals surface area contributed by atoms with Crippen LogP contribution in [0.1, 0.15) is 20.3 Å². The molecule has 0 amide bonds. The zero-order valence-electron chi connectivity index (χ0n) is 9.77. The van der Waals surface area contributed by atoms with E-state index in [-0.39, 0.29) is 0 Å². The predicted molar refractivity (Wildman–Crippen MR) is 62.1 cm³/mol. The Kier molecular flexibility index (Phi) is 2.95. The van der Waals surface area contributed by atoms with E-state index >= 15 is 0 Å². The summed E-state index contributed by atoms with van der Waals surface area (Å²) in [5.41, 5.74) is 1.24. The quantitative estimate of drug-likeness (QED) is 0.787. The largest absolute Gasteiger partial charge is 0.363 e. The van der Waals surface area contributed by atoms with Crippen LogP contribution in [0.15, 0.2) is 12.4 Å². The summed E-state index contributed by atoms with van der Waals surface area (Å²) in [7, 11) is 1.97. The van der Waals surface area contributed by atoms with Gasteiger partial charge in [0.25, 0.3) is 0 Å². The van der Waals surface area contributed by atoms with Crippen LogP contribution in [-0.2, 0) is 7.05 Å². The first-order chi connectivity index (χ1) is 7.20. The minimum absolute atomic E-state index is 0.553. The number of hydrogen-bond acceptors (Lipinski definition) is 3. The van der Waals surface area contributed by atoms with Gasteiger partial charge in [0.05, 0.1) is 11.9 Å². The van der Waals surface area contributed by atoms with Gasteiger partial charge in [-0.1, -0.05) is 6.92 Å². The number of piperazine rings is 1. The first-order valence-corrected chi connectivity index (χ1v) is 5.69. The van der Waals surface area contributed by atoms with Crippen LogP contribution >= 0.6 is 0 Å². The first kappa shape index (κ1) is 10.5. The molecule has 2 heterocycles. The molecule has 1 aliphatic heterocycles. The molecule has 1 aromatic rings. The zero-order chi connectivity index (χ0) is 10.8. The highest BCUT2D eigenvalue weighted by molar-refractivity contribution is 5.44. The van der Waals surface area contributed by atoms with Gasteiger partial charge in [-0.15, -0.1) is 0 Å². The van der Waals surface area contributed by atoms with Crippen LogP contribution in [-0.4, -0.2) is 35.0 Å². The summed E-state index contributed by atoms with van der Waals surface area (Å²) in [4.78, 5) is 2.44. The van der Waals surface area contributed by atoms with E-state index < -0.39 is 0 Å². The van der Waals surface area contributed by atoms with Crippen molar-refractivity contribution >= 4 is 5.69 Å². The summed E-state index contributed by atoms with van der Waals surface area (Å²) in [5.74, 6) is 0. The molecule has 2 atom stereocenters. The molecule has 0 radical (unpaired) electrons. The molecule has 1 saturated heterocycles. The molecule has 0 bridgehead atoms. The summed E-state index contributed by atoms with van der Waals surface area (Å²) in [6.45, 7) is 6.64. The van der Waals surface area contributed by atoms with Crippen LogP contribution in [0, 0.1) is 0 Å². The van der Waals surface area contributed by atoms with Gasteiger partial charge in [-0.3, -0.25) is 4.68 Å². The van der Waals surface area contributed by atoms with E-state index in [0.29, 0.717) is 12.1 Å². The van der Waals surface area contributed by atoms with Crippen molar-refractivity contribution in [3.05, 3.63) is 12.4 Å². The number of aryl methyl sites for hydroxylation is 1. The van der Waals surface area contributed by atoms with Gasteiger partial charge in [0.1, 0.15) is 0 Å². The third-order valence-corrected chi connectivity index (χ3v) is 3.17. The smallest absolute Gasteiger partial charge is 0.0755 e. The van der Waals surface area contributed by atoms with Crippen LogP contribution in [0.5, 0.6) is 0 Å². The second-order valence-electron chi connectivity index (χ2n) is 4.39. The summed E-state index contributed by atoms with van der Waals surface area (Å²) in [5, 5.41) is 7.79.